The predicted molar refractivity (Wildman–Crippen MR) is 120 cm³/mol. The van der Waals surface area contributed by atoms with Crippen LogP contribution in [0.1, 0.15) is 28.1 Å². The molecule has 8 heteroatoms. The van der Waals surface area contributed by atoms with Crippen LogP contribution in [0.5, 0.6) is 11.5 Å². The fourth-order valence-electron chi connectivity index (χ4n) is 3.55. The summed E-state index contributed by atoms with van der Waals surface area (Å²) in [6.45, 7) is 6.41. The van der Waals surface area contributed by atoms with Crippen molar-refractivity contribution in [2.24, 2.45) is 4.99 Å². The number of rotatable bonds is 5. The Bertz CT molecular complexity index is 816. The maximum absolute atomic E-state index is 5.45. The first-order valence-corrected chi connectivity index (χ1v) is 9.18. The summed E-state index contributed by atoms with van der Waals surface area (Å²) in [7, 11) is 5.16. The van der Waals surface area contributed by atoms with E-state index in [1.165, 1.54) is 16.7 Å². The average molecular weight is 500 g/mol. The first kappa shape index (κ1) is 22.3. The average Bonchev–Trinajstić information content (AvgIpc) is 3.01. The van der Waals surface area contributed by atoms with Gasteiger partial charge in [0.05, 0.1) is 19.9 Å². The highest BCUT2D eigenvalue weighted by molar-refractivity contribution is 14.0. The number of benzene rings is 1. The molecule has 1 aliphatic heterocycles. The van der Waals surface area contributed by atoms with Crippen molar-refractivity contribution in [3.8, 4) is 11.5 Å². The molecule has 0 saturated carbocycles. The Kier molecular flexibility index (Phi) is 7.97. The minimum Gasteiger partial charge on any atom is -0.493 e. The van der Waals surface area contributed by atoms with Gasteiger partial charge in [-0.05, 0) is 49.9 Å². The lowest BCUT2D eigenvalue weighted by Gasteiger charge is -2.32. The Morgan fingerprint density at radius 2 is 1.89 bits per heavy atom. The fraction of sp³-hybridized carbons (Fsp3) is 0.500. The van der Waals surface area contributed by atoms with Crippen molar-refractivity contribution >= 4 is 29.9 Å². The van der Waals surface area contributed by atoms with Crippen molar-refractivity contribution in [1.82, 2.24) is 15.4 Å². The summed E-state index contributed by atoms with van der Waals surface area (Å²) in [5.41, 5.74) is 4.67. The summed E-state index contributed by atoms with van der Waals surface area (Å²) in [5, 5.41) is 7.48. The first-order chi connectivity index (χ1) is 13.1. The Hall–Kier alpha value is -1.97. The topological polar surface area (TPSA) is 72.1 Å². The van der Waals surface area contributed by atoms with E-state index >= 15 is 0 Å². The van der Waals surface area contributed by atoms with Gasteiger partial charge in [0.25, 0.3) is 0 Å². The van der Waals surface area contributed by atoms with Gasteiger partial charge in [-0.2, -0.15) is 0 Å². The molecule has 1 aromatic heterocycles. The standard InChI is InChI=1S/C20H28N4O3.HI/c1-13-17(14(2)27-23-13)6-8-22-20(21-3)24-9-7-15-10-18(25-4)19(26-5)11-16(15)12-24;/h10-11H,6-9,12H2,1-5H3,(H,21,22);1H. The van der Waals surface area contributed by atoms with Gasteiger partial charge in [0, 0.05) is 32.2 Å². The Morgan fingerprint density at radius 3 is 2.46 bits per heavy atom. The van der Waals surface area contributed by atoms with E-state index in [4.69, 9.17) is 14.0 Å². The second kappa shape index (κ2) is 9.99. The van der Waals surface area contributed by atoms with E-state index in [9.17, 15) is 0 Å². The molecule has 1 aliphatic rings. The van der Waals surface area contributed by atoms with Gasteiger partial charge >= 0.3 is 0 Å². The van der Waals surface area contributed by atoms with E-state index in [1.807, 2.05) is 20.9 Å². The predicted octanol–water partition coefficient (Wildman–Crippen LogP) is 3.10. The van der Waals surface area contributed by atoms with Crippen molar-refractivity contribution < 1.29 is 14.0 Å². The molecular formula is C20H29IN4O3. The minimum absolute atomic E-state index is 0. The van der Waals surface area contributed by atoms with Crippen LogP contribution in [-0.4, -0.2) is 50.4 Å². The summed E-state index contributed by atoms with van der Waals surface area (Å²) < 4.78 is 16.1. The molecule has 2 heterocycles. The molecule has 1 aromatic carbocycles. The number of nitrogens with zero attached hydrogens (tertiary/aromatic N) is 3. The summed E-state index contributed by atoms with van der Waals surface area (Å²) in [4.78, 5) is 6.73. The maximum Gasteiger partial charge on any atom is 0.193 e. The zero-order valence-corrected chi connectivity index (χ0v) is 19.5. The number of aliphatic imine (C=N–C) groups is 1. The summed E-state index contributed by atoms with van der Waals surface area (Å²) in [6, 6.07) is 4.15. The summed E-state index contributed by atoms with van der Waals surface area (Å²) in [6.07, 6.45) is 1.80. The molecule has 0 bridgehead atoms. The van der Waals surface area contributed by atoms with Crippen molar-refractivity contribution in [2.75, 3.05) is 34.4 Å². The molecule has 0 saturated heterocycles. The molecule has 0 spiro atoms. The number of ether oxygens (including phenoxy) is 2. The maximum atomic E-state index is 5.45. The Morgan fingerprint density at radius 1 is 1.21 bits per heavy atom. The molecule has 0 aliphatic carbocycles. The van der Waals surface area contributed by atoms with Crippen molar-refractivity contribution in [2.45, 2.75) is 33.2 Å². The third kappa shape index (κ3) is 4.71. The van der Waals surface area contributed by atoms with Crippen LogP contribution in [0.3, 0.4) is 0 Å². The van der Waals surface area contributed by atoms with Gasteiger partial charge in [-0.25, -0.2) is 0 Å². The molecule has 3 rings (SSSR count). The number of halogens is 1. The third-order valence-corrected chi connectivity index (χ3v) is 5.07. The number of aromatic nitrogens is 1. The van der Waals surface area contributed by atoms with Crippen LogP contribution in [0.25, 0.3) is 0 Å². The van der Waals surface area contributed by atoms with Gasteiger partial charge in [0.15, 0.2) is 17.5 Å². The normalized spacial score (nSPS) is 13.6. The molecule has 0 radical (unpaired) electrons. The van der Waals surface area contributed by atoms with Crippen molar-refractivity contribution in [3.63, 3.8) is 0 Å². The van der Waals surface area contributed by atoms with E-state index in [2.05, 4.69) is 32.5 Å². The fourth-order valence-corrected chi connectivity index (χ4v) is 3.55. The lowest BCUT2D eigenvalue weighted by atomic mass is 9.99. The van der Waals surface area contributed by atoms with Crippen LogP contribution >= 0.6 is 24.0 Å². The lowest BCUT2D eigenvalue weighted by molar-refractivity contribution is 0.346. The summed E-state index contributed by atoms with van der Waals surface area (Å²) in [5.74, 6) is 3.34. The highest BCUT2D eigenvalue weighted by Crippen LogP contribution is 2.33. The first-order valence-electron chi connectivity index (χ1n) is 9.18. The van der Waals surface area contributed by atoms with E-state index < -0.39 is 0 Å². The van der Waals surface area contributed by atoms with E-state index in [0.29, 0.717) is 0 Å². The second-order valence-electron chi connectivity index (χ2n) is 6.67. The SMILES string of the molecule is CN=C(NCCc1c(C)noc1C)N1CCc2cc(OC)c(OC)cc2C1.I. The molecule has 2 aromatic rings. The second-order valence-corrected chi connectivity index (χ2v) is 6.67. The zero-order chi connectivity index (χ0) is 19.4. The van der Waals surface area contributed by atoms with Crippen molar-refractivity contribution in [1.29, 1.82) is 0 Å². The van der Waals surface area contributed by atoms with E-state index in [1.54, 1.807) is 14.2 Å². The van der Waals surface area contributed by atoms with Crippen LogP contribution in [0, 0.1) is 13.8 Å². The number of hydrogen-bond donors (Lipinski definition) is 1. The number of hydrogen-bond acceptors (Lipinski definition) is 5. The van der Waals surface area contributed by atoms with Crippen LogP contribution in [0.4, 0.5) is 0 Å². The molecule has 154 valence electrons. The molecule has 7 nitrogen and oxygen atoms in total. The summed E-state index contributed by atoms with van der Waals surface area (Å²) >= 11 is 0. The molecular weight excluding hydrogens is 471 g/mol. The zero-order valence-electron chi connectivity index (χ0n) is 17.2. The number of aryl methyl sites for hydroxylation is 2. The molecule has 0 atom stereocenters. The molecule has 0 fully saturated rings. The molecule has 1 N–H and O–H groups in total. The van der Waals surface area contributed by atoms with Crippen LogP contribution in [0.15, 0.2) is 21.6 Å². The Labute approximate surface area is 183 Å². The highest BCUT2D eigenvalue weighted by atomic mass is 127. The van der Waals surface area contributed by atoms with Gasteiger partial charge in [0.2, 0.25) is 0 Å². The monoisotopic (exact) mass is 500 g/mol. The number of nitrogens with one attached hydrogen (secondary N) is 1. The molecule has 0 amide bonds. The number of methoxy groups -OCH3 is 2. The van der Waals surface area contributed by atoms with Gasteiger partial charge in [-0.1, -0.05) is 5.16 Å². The number of guanidine groups is 1. The quantitative estimate of drug-likeness (QED) is 0.387. The van der Waals surface area contributed by atoms with Crippen molar-refractivity contribution in [3.05, 3.63) is 40.3 Å². The highest BCUT2D eigenvalue weighted by Gasteiger charge is 2.21. The number of fused-ring (bicyclic) bond motifs is 1. The van der Waals surface area contributed by atoms with Gasteiger partial charge in [-0.3, -0.25) is 4.99 Å². The largest absolute Gasteiger partial charge is 0.493 e. The van der Waals surface area contributed by atoms with E-state index in [0.717, 1.165) is 61.4 Å². The van der Waals surface area contributed by atoms with E-state index in [-0.39, 0.29) is 24.0 Å². The Balaban J connectivity index is 0.00000280. The smallest absolute Gasteiger partial charge is 0.193 e. The van der Waals surface area contributed by atoms with Gasteiger partial charge in [0.1, 0.15) is 5.76 Å². The minimum atomic E-state index is 0. The third-order valence-electron chi connectivity index (χ3n) is 5.07. The van der Waals surface area contributed by atoms with Gasteiger partial charge < -0.3 is 24.2 Å². The van der Waals surface area contributed by atoms with Crippen LogP contribution < -0.4 is 14.8 Å². The lowest BCUT2D eigenvalue weighted by Crippen LogP contribution is -2.44. The molecule has 0 unspecified atom stereocenters. The van der Waals surface area contributed by atoms with Crippen LogP contribution in [0.2, 0.25) is 0 Å². The van der Waals surface area contributed by atoms with Crippen LogP contribution in [-0.2, 0) is 19.4 Å². The molecule has 28 heavy (non-hydrogen) atoms. The van der Waals surface area contributed by atoms with Gasteiger partial charge in [-0.15, -0.1) is 24.0 Å².